The minimum absolute atomic E-state index is 1.34. The summed E-state index contributed by atoms with van der Waals surface area (Å²) in [6.45, 7) is 3.54. The summed E-state index contributed by atoms with van der Waals surface area (Å²) in [5.41, 5.74) is 0. The van der Waals surface area contributed by atoms with E-state index in [1.165, 1.54) is 41.6 Å². The first kappa shape index (κ1) is 14.7. The van der Waals surface area contributed by atoms with Crippen LogP contribution in [0, 0.1) is 0 Å². The van der Waals surface area contributed by atoms with Crippen molar-refractivity contribution in [3.63, 3.8) is 0 Å². The zero-order valence-corrected chi connectivity index (χ0v) is 10.7. The van der Waals surface area contributed by atoms with Gasteiger partial charge in [-0.15, -0.1) is 0 Å². The maximum Gasteiger partial charge on any atom is 0.683 e. The molecule has 0 N–H and O–H groups in total. The zero-order valence-electron chi connectivity index (χ0n) is 9.73. The highest BCUT2D eigenvalue weighted by Gasteiger charge is 2.50. The van der Waals surface area contributed by atoms with Gasteiger partial charge in [0.05, 0.1) is 0 Å². The third kappa shape index (κ3) is 3.35. The van der Waals surface area contributed by atoms with Crippen LogP contribution >= 0.6 is 0 Å². The molecule has 0 spiro atoms. The van der Waals surface area contributed by atoms with Gasteiger partial charge in [-0.3, -0.25) is 4.43 Å². The molecule has 0 atom stereocenters. The summed E-state index contributed by atoms with van der Waals surface area (Å²) < 4.78 is 30.7. The van der Waals surface area contributed by atoms with Crippen LogP contribution in [0.5, 0.6) is 0 Å². The van der Waals surface area contributed by atoms with E-state index in [0.29, 0.717) is 0 Å². The van der Waals surface area contributed by atoms with Gasteiger partial charge in [-0.1, -0.05) is 6.58 Å². The fraction of sp³-hybridized carbons (Fsp3) is 0.750. The Morgan fingerprint density at radius 3 is 1.53 bits per heavy atom. The van der Waals surface area contributed by atoms with E-state index in [1.54, 1.807) is 0 Å². The summed E-state index contributed by atoms with van der Waals surface area (Å²) in [5.74, 6) is -1.44. The molecular weight excluding hydrogens is 220 g/mol. The van der Waals surface area contributed by atoms with Crippen molar-refractivity contribution in [2.75, 3.05) is 35.5 Å². The van der Waals surface area contributed by atoms with Crippen LogP contribution in [-0.4, -0.2) is 50.6 Å². The molecule has 0 heterocycles. The summed E-state index contributed by atoms with van der Waals surface area (Å²) in [7, 11) is 3.82. The standard InChI is InChI=1S/C8H18O6Si/c1-7-8(9-2,10-3)14-15(11-4,12-5)13-6/h7H,1H2,2-6H3. The topological polar surface area (TPSA) is 55.4 Å². The second-order valence-corrected chi connectivity index (χ2v) is 4.86. The zero-order chi connectivity index (χ0) is 11.9. The maximum atomic E-state index is 5.43. The van der Waals surface area contributed by atoms with Crippen molar-refractivity contribution in [2.24, 2.45) is 0 Å². The highest BCUT2D eigenvalue weighted by Crippen LogP contribution is 2.22. The quantitative estimate of drug-likeness (QED) is 0.349. The van der Waals surface area contributed by atoms with Crippen LogP contribution in [-0.2, 0) is 27.2 Å². The van der Waals surface area contributed by atoms with Gasteiger partial charge >= 0.3 is 9.05 Å². The van der Waals surface area contributed by atoms with Gasteiger partial charge in [0.1, 0.15) is 0 Å². The maximum absolute atomic E-state index is 5.43. The number of methoxy groups -OCH3 is 2. The summed E-state index contributed by atoms with van der Waals surface area (Å²) >= 11 is 0. The molecule has 90 valence electrons. The van der Waals surface area contributed by atoms with E-state index in [0.717, 1.165) is 0 Å². The SMILES string of the molecule is C=CC(OC)(OC)O[Si](OC)(OC)OC. The third-order valence-electron chi connectivity index (χ3n) is 1.84. The van der Waals surface area contributed by atoms with Gasteiger partial charge < -0.3 is 22.8 Å². The van der Waals surface area contributed by atoms with Gasteiger partial charge in [0.25, 0.3) is 5.97 Å². The third-order valence-corrected chi connectivity index (χ3v) is 3.87. The van der Waals surface area contributed by atoms with Gasteiger partial charge in [0, 0.05) is 35.5 Å². The lowest BCUT2D eigenvalue weighted by molar-refractivity contribution is -0.313. The monoisotopic (exact) mass is 238 g/mol. The number of rotatable bonds is 8. The fourth-order valence-corrected chi connectivity index (χ4v) is 2.27. The van der Waals surface area contributed by atoms with E-state index in [2.05, 4.69) is 6.58 Å². The molecule has 0 saturated heterocycles. The predicted octanol–water partition coefficient (Wildman–Crippen LogP) is 0.510. The van der Waals surface area contributed by atoms with Crippen LogP contribution in [0.3, 0.4) is 0 Å². The van der Waals surface area contributed by atoms with Crippen LogP contribution in [0.4, 0.5) is 0 Å². The summed E-state index contributed by atoms with van der Waals surface area (Å²) in [5, 5.41) is 0. The molecular formula is C8H18O6Si. The highest BCUT2D eigenvalue weighted by atomic mass is 28.4. The first-order valence-electron chi connectivity index (χ1n) is 4.17. The van der Waals surface area contributed by atoms with E-state index in [-0.39, 0.29) is 0 Å². The van der Waals surface area contributed by atoms with Crippen molar-refractivity contribution in [2.45, 2.75) is 5.97 Å². The van der Waals surface area contributed by atoms with Crippen LogP contribution in [0.1, 0.15) is 0 Å². The van der Waals surface area contributed by atoms with Crippen molar-refractivity contribution < 1.29 is 27.2 Å². The molecule has 0 unspecified atom stereocenters. The molecule has 0 bridgehead atoms. The van der Waals surface area contributed by atoms with E-state index < -0.39 is 15.0 Å². The number of hydrogen-bond acceptors (Lipinski definition) is 6. The first-order chi connectivity index (χ1) is 7.07. The molecule has 0 aliphatic rings. The lowest BCUT2D eigenvalue weighted by Gasteiger charge is -2.33. The van der Waals surface area contributed by atoms with E-state index >= 15 is 0 Å². The Bertz CT molecular complexity index is 181. The van der Waals surface area contributed by atoms with Gasteiger partial charge in [-0.25, -0.2) is 0 Å². The van der Waals surface area contributed by atoms with Gasteiger partial charge in [-0.2, -0.15) is 0 Å². The lowest BCUT2D eigenvalue weighted by Crippen LogP contribution is -2.54. The summed E-state index contributed by atoms with van der Waals surface area (Å²) in [4.78, 5) is 0. The minimum atomic E-state index is -3.24. The summed E-state index contributed by atoms with van der Waals surface area (Å²) in [6.07, 6.45) is 1.34. The second kappa shape index (κ2) is 6.33. The van der Waals surface area contributed by atoms with E-state index in [1.807, 2.05) is 0 Å². The summed E-state index contributed by atoms with van der Waals surface area (Å²) in [6, 6.07) is 0. The Labute approximate surface area is 91.2 Å². The highest BCUT2D eigenvalue weighted by molar-refractivity contribution is 6.53. The van der Waals surface area contributed by atoms with E-state index in [4.69, 9.17) is 27.2 Å². The Kier molecular flexibility index (Phi) is 6.21. The number of hydrogen-bond donors (Lipinski definition) is 0. The van der Waals surface area contributed by atoms with Crippen molar-refractivity contribution in [3.8, 4) is 0 Å². The molecule has 0 fully saturated rings. The molecule has 0 radical (unpaired) electrons. The molecule has 15 heavy (non-hydrogen) atoms. The second-order valence-electron chi connectivity index (χ2n) is 2.43. The molecule has 7 heteroatoms. The minimum Gasteiger partial charge on any atom is -0.354 e. The molecule has 0 aromatic rings. The Morgan fingerprint density at radius 2 is 1.33 bits per heavy atom. The van der Waals surface area contributed by atoms with Crippen LogP contribution < -0.4 is 0 Å². The molecule has 0 aliphatic heterocycles. The Balaban J connectivity index is 4.82. The average Bonchev–Trinajstić information content (AvgIpc) is 2.33. The molecule has 0 aliphatic carbocycles. The van der Waals surface area contributed by atoms with E-state index in [9.17, 15) is 0 Å². The smallest absolute Gasteiger partial charge is 0.354 e. The molecule has 6 nitrogen and oxygen atoms in total. The van der Waals surface area contributed by atoms with Crippen molar-refractivity contribution in [1.29, 1.82) is 0 Å². The Morgan fingerprint density at radius 1 is 0.933 bits per heavy atom. The van der Waals surface area contributed by atoms with Gasteiger partial charge in [-0.05, 0) is 6.08 Å². The molecule has 0 amide bonds. The van der Waals surface area contributed by atoms with Crippen molar-refractivity contribution in [1.82, 2.24) is 0 Å². The van der Waals surface area contributed by atoms with Crippen LogP contribution in [0.2, 0.25) is 0 Å². The van der Waals surface area contributed by atoms with Gasteiger partial charge in [0.2, 0.25) is 0 Å². The molecule has 0 aromatic heterocycles. The largest absolute Gasteiger partial charge is 0.683 e. The van der Waals surface area contributed by atoms with Crippen LogP contribution in [0.15, 0.2) is 12.7 Å². The normalized spacial score (nSPS) is 12.9. The average molecular weight is 238 g/mol. The molecule has 0 saturated carbocycles. The molecule has 0 rings (SSSR count). The van der Waals surface area contributed by atoms with Gasteiger partial charge in [0.15, 0.2) is 0 Å². The van der Waals surface area contributed by atoms with Crippen LogP contribution in [0.25, 0.3) is 0 Å². The predicted molar refractivity (Wildman–Crippen MR) is 54.8 cm³/mol. The first-order valence-corrected chi connectivity index (χ1v) is 5.80. The van der Waals surface area contributed by atoms with Crippen molar-refractivity contribution >= 4 is 9.05 Å². The lowest BCUT2D eigenvalue weighted by atomic mass is 10.5. The number of ether oxygens (including phenoxy) is 2. The van der Waals surface area contributed by atoms with Crippen molar-refractivity contribution in [3.05, 3.63) is 12.7 Å². The fourth-order valence-electron chi connectivity index (χ4n) is 0.924. The Hall–Kier alpha value is -0.283. The molecule has 0 aromatic carbocycles.